The monoisotopic (exact) mass is 445 g/mol. The molecule has 0 radical (unpaired) electrons. The van der Waals surface area contributed by atoms with Crippen LogP contribution in [-0.4, -0.2) is 50.3 Å². The van der Waals surface area contributed by atoms with Gasteiger partial charge in [-0.15, -0.1) is 0 Å². The third kappa shape index (κ3) is 2.88. The lowest BCUT2D eigenvalue weighted by Gasteiger charge is -2.62. The van der Waals surface area contributed by atoms with Crippen molar-refractivity contribution in [2.24, 2.45) is 39.7 Å². The maximum absolute atomic E-state index is 6.34. The molecule has 0 amide bonds. The lowest BCUT2D eigenvalue weighted by Crippen LogP contribution is -2.61. The van der Waals surface area contributed by atoms with Gasteiger partial charge in [0.15, 0.2) is 11.6 Å². The van der Waals surface area contributed by atoms with Gasteiger partial charge < -0.3 is 23.8 Å². The van der Waals surface area contributed by atoms with Gasteiger partial charge in [0, 0.05) is 30.6 Å². The first-order valence-corrected chi connectivity index (χ1v) is 12.8. The minimum atomic E-state index is -0.393. The molecule has 6 atom stereocenters. The fourth-order valence-electron chi connectivity index (χ4n) is 8.82. The molecule has 0 bridgehead atoms. The largest absolute Gasteiger partial charge is 0.392 e. The van der Waals surface area contributed by atoms with E-state index in [0.717, 1.165) is 58.5 Å². The highest BCUT2D eigenvalue weighted by Gasteiger charge is 2.69. The van der Waals surface area contributed by atoms with Gasteiger partial charge in [-0.1, -0.05) is 31.7 Å². The average molecular weight is 446 g/mol. The SMILES string of the molecule is C=CCO/N=C1\CC2CC3(CC[C@]2(C)[C@H]2CC[C@@]4(C)[C@@H](CCC45OCCO5)[C@H]12)OCCO3. The molecule has 0 aromatic carbocycles. The van der Waals surface area contributed by atoms with Gasteiger partial charge in [0.2, 0.25) is 0 Å². The number of nitrogens with zero attached hydrogens (tertiary/aromatic N) is 1. The molecular formula is C26H39NO5. The van der Waals surface area contributed by atoms with Crippen LogP contribution in [0.1, 0.15) is 65.2 Å². The molecule has 6 rings (SSSR count). The van der Waals surface area contributed by atoms with Crippen LogP contribution in [0.3, 0.4) is 0 Å². The molecule has 0 N–H and O–H groups in total. The van der Waals surface area contributed by atoms with E-state index in [4.69, 9.17) is 28.9 Å². The molecule has 4 saturated carbocycles. The van der Waals surface area contributed by atoms with Crippen molar-refractivity contribution in [1.29, 1.82) is 0 Å². The summed E-state index contributed by atoms with van der Waals surface area (Å²) in [7, 11) is 0. The Morgan fingerprint density at radius 2 is 1.69 bits per heavy atom. The lowest BCUT2D eigenvalue weighted by atomic mass is 9.44. The van der Waals surface area contributed by atoms with Crippen molar-refractivity contribution in [3.63, 3.8) is 0 Å². The van der Waals surface area contributed by atoms with E-state index in [2.05, 4.69) is 20.4 Å². The second kappa shape index (κ2) is 7.53. The van der Waals surface area contributed by atoms with Crippen LogP contribution in [-0.2, 0) is 23.8 Å². The van der Waals surface area contributed by atoms with Gasteiger partial charge in [0.1, 0.15) is 6.61 Å². The summed E-state index contributed by atoms with van der Waals surface area (Å²) in [6.45, 7) is 12.1. The van der Waals surface area contributed by atoms with Crippen molar-refractivity contribution in [2.75, 3.05) is 33.0 Å². The van der Waals surface area contributed by atoms with E-state index >= 15 is 0 Å². The summed E-state index contributed by atoms with van der Waals surface area (Å²) in [6.07, 6.45) is 10.4. The molecule has 2 saturated heterocycles. The predicted molar refractivity (Wildman–Crippen MR) is 120 cm³/mol. The predicted octanol–water partition coefficient (Wildman–Crippen LogP) is 4.68. The maximum atomic E-state index is 6.34. The van der Waals surface area contributed by atoms with Gasteiger partial charge in [0.25, 0.3) is 0 Å². The quantitative estimate of drug-likeness (QED) is 0.359. The standard InChI is InChI=1S/C26H39NO5/c1-4-11-32-27-21-16-18-17-25(28-12-13-29-25)10-9-23(18,2)19-5-7-24(3)20(22(19)21)6-8-26(24)30-14-15-31-26/h4,18-20,22H,1,5-17H2,2-3H3/b27-21+/t18?,19-,20-,22+,23-,24-/m0/s1. The second-order valence-corrected chi connectivity index (χ2v) is 11.6. The van der Waals surface area contributed by atoms with Crippen LogP contribution >= 0.6 is 0 Å². The van der Waals surface area contributed by atoms with Gasteiger partial charge in [-0.25, -0.2) is 0 Å². The Morgan fingerprint density at radius 3 is 2.44 bits per heavy atom. The highest BCUT2D eigenvalue weighted by Crippen LogP contribution is 2.69. The van der Waals surface area contributed by atoms with Gasteiger partial charge in [-0.2, -0.15) is 0 Å². The number of fused-ring (bicyclic) bond motifs is 6. The highest BCUT2D eigenvalue weighted by atomic mass is 16.7. The van der Waals surface area contributed by atoms with Crippen molar-refractivity contribution in [3.8, 4) is 0 Å². The van der Waals surface area contributed by atoms with Gasteiger partial charge in [-0.05, 0) is 55.3 Å². The summed E-state index contributed by atoms with van der Waals surface area (Å²) in [6, 6.07) is 0. The number of oxime groups is 1. The van der Waals surface area contributed by atoms with E-state index in [0.29, 0.717) is 30.3 Å². The summed E-state index contributed by atoms with van der Waals surface area (Å²) in [4.78, 5) is 5.74. The van der Waals surface area contributed by atoms with Gasteiger partial charge in [0.05, 0.1) is 32.1 Å². The van der Waals surface area contributed by atoms with Crippen LogP contribution in [0.25, 0.3) is 0 Å². The minimum Gasteiger partial charge on any atom is -0.392 e. The van der Waals surface area contributed by atoms with Crippen molar-refractivity contribution >= 4 is 5.71 Å². The molecule has 1 unspecified atom stereocenters. The smallest absolute Gasteiger partial charge is 0.174 e. The Balaban J connectivity index is 1.35. The fourth-order valence-corrected chi connectivity index (χ4v) is 8.82. The molecule has 6 heteroatoms. The van der Waals surface area contributed by atoms with E-state index < -0.39 is 5.79 Å². The molecule has 2 spiro atoms. The van der Waals surface area contributed by atoms with Crippen molar-refractivity contribution in [3.05, 3.63) is 12.7 Å². The van der Waals surface area contributed by atoms with Gasteiger partial charge in [-0.3, -0.25) is 0 Å². The van der Waals surface area contributed by atoms with Crippen molar-refractivity contribution < 1.29 is 23.8 Å². The normalized spacial score (nSPS) is 47.4. The number of hydrogen-bond donors (Lipinski definition) is 0. The summed E-state index contributed by atoms with van der Waals surface area (Å²) in [5.74, 6) is 1.33. The summed E-state index contributed by atoms with van der Waals surface area (Å²) < 4.78 is 25.0. The van der Waals surface area contributed by atoms with E-state index in [1.165, 1.54) is 25.0 Å². The molecule has 178 valence electrons. The molecular weight excluding hydrogens is 406 g/mol. The Labute approximate surface area is 192 Å². The van der Waals surface area contributed by atoms with Crippen LogP contribution in [0.5, 0.6) is 0 Å². The zero-order chi connectivity index (χ0) is 22.0. The molecule has 0 aromatic heterocycles. The first kappa shape index (κ1) is 21.6. The maximum Gasteiger partial charge on any atom is 0.174 e. The highest BCUT2D eigenvalue weighted by molar-refractivity contribution is 5.88. The summed E-state index contributed by atoms with van der Waals surface area (Å²) in [5.41, 5.74) is 1.58. The van der Waals surface area contributed by atoms with Crippen LogP contribution in [0, 0.1) is 34.5 Å². The zero-order valence-corrected chi connectivity index (χ0v) is 19.8. The Bertz CT molecular complexity index is 785. The van der Waals surface area contributed by atoms with Crippen LogP contribution in [0.4, 0.5) is 0 Å². The van der Waals surface area contributed by atoms with Crippen LogP contribution in [0.15, 0.2) is 17.8 Å². The van der Waals surface area contributed by atoms with E-state index in [1.54, 1.807) is 6.08 Å². The number of ether oxygens (including phenoxy) is 4. The molecule has 32 heavy (non-hydrogen) atoms. The van der Waals surface area contributed by atoms with Crippen LogP contribution < -0.4 is 0 Å². The fraction of sp³-hybridized carbons (Fsp3) is 0.885. The zero-order valence-electron chi connectivity index (χ0n) is 19.8. The van der Waals surface area contributed by atoms with Crippen molar-refractivity contribution in [1.82, 2.24) is 0 Å². The summed E-state index contributed by atoms with van der Waals surface area (Å²) >= 11 is 0. The second-order valence-electron chi connectivity index (χ2n) is 11.6. The van der Waals surface area contributed by atoms with E-state index in [9.17, 15) is 0 Å². The van der Waals surface area contributed by atoms with Gasteiger partial charge >= 0.3 is 0 Å². The van der Waals surface area contributed by atoms with Crippen molar-refractivity contribution in [2.45, 2.75) is 76.8 Å². The molecule has 2 aliphatic heterocycles. The lowest BCUT2D eigenvalue weighted by molar-refractivity contribution is -0.248. The minimum absolute atomic E-state index is 0.0423. The Kier molecular flexibility index (Phi) is 5.07. The van der Waals surface area contributed by atoms with E-state index in [1.807, 2.05) is 0 Å². The number of hydrogen-bond acceptors (Lipinski definition) is 6. The number of rotatable bonds is 3. The third-order valence-corrected chi connectivity index (χ3v) is 10.5. The van der Waals surface area contributed by atoms with E-state index in [-0.39, 0.29) is 16.6 Å². The first-order valence-electron chi connectivity index (χ1n) is 12.8. The molecule has 6 fully saturated rings. The van der Waals surface area contributed by atoms with Crippen LogP contribution in [0.2, 0.25) is 0 Å². The Hall–Kier alpha value is -0.950. The topological polar surface area (TPSA) is 58.5 Å². The first-order chi connectivity index (χ1) is 15.5. The molecule has 6 nitrogen and oxygen atoms in total. The average Bonchev–Trinajstić information content (AvgIpc) is 3.51. The molecule has 4 aliphatic carbocycles. The molecule has 6 aliphatic rings. The Morgan fingerprint density at radius 1 is 0.969 bits per heavy atom. The third-order valence-electron chi connectivity index (χ3n) is 10.5. The summed E-state index contributed by atoms with van der Waals surface area (Å²) in [5, 5.41) is 4.78. The molecule has 0 aromatic rings. The molecule has 2 heterocycles.